The number of carbonyl (C=O) groups excluding carboxylic acids is 2. The van der Waals surface area contributed by atoms with Crippen molar-refractivity contribution in [1.29, 1.82) is 0 Å². The number of amides is 3. The number of methoxy groups -OCH3 is 1. The second-order valence-corrected chi connectivity index (χ2v) is 5.08. The van der Waals surface area contributed by atoms with Crippen LogP contribution in [0.1, 0.15) is 5.56 Å². The van der Waals surface area contributed by atoms with Crippen molar-refractivity contribution in [3.63, 3.8) is 0 Å². The number of hydrogen-bond donors (Lipinski definition) is 2. The molecule has 0 aliphatic carbocycles. The summed E-state index contributed by atoms with van der Waals surface area (Å²) in [4.78, 5) is 24.7. The van der Waals surface area contributed by atoms with Gasteiger partial charge in [0.1, 0.15) is 0 Å². The molecule has 7 nitrogen and oxygen atoms in total. The average Bonchev–Trinajstić information content (AvgIpc) is 2.52. The van der Waals surface area contributed by atoms with Crippen LogP contribution in [-0.4, -0.2) is 50.7 Å². The van der Waals surface area contributed by atoms with Gasteiger partial charge >= 0.3 is 12.6 Å². The SMILES string of the molecule is C=CCNC(=O)NC(=O)CN(C)Cc1ccc(OC)c(OC(F)F)c1. The van der Waals surface area contributed by atoms with Crippen LogP contribution in [-0.2, 0) is 11.3 Å². The highest BCUT2D eigenvalue weighted by atomic mass is 19.3. The average molecular weight is 357 g/mol. The Balaban J connectivity index is 2.61. The molecule has 0 saturated carbocycles. The maximum absolute atomic E-state index is 12.4. The molecule has 3 amide bonds. The Morgan fingerprint density at radius 3 is 2.68 bits per heavy atom. The molecule has 0 saturated heterocycles. The third-order valence-electron chi connectivity index (χ3n) is 2.97. The van der Waals surface area contributed by atoms with E-state index in [1.54, 1.807) is 18.0 Å². The molecule has 1 rings (SSSR count). The molecule has 0 bridgehead atoms. The van der Waals surface area contributed by atoms with Crippen LogP contribution in [0.3, 0.4) is 0 Å². The summed E-state index contributed by atoms with van der Waals surface area (Å²) < 4.78 is 34.2. The molecule has 2 N–H and O–H groups in total. The molecular weight excluding hydrogens is 336 g/mol. The first kappa shape index (κ1) is 20.4. The van der Waals surface area contributed by atoms with Gasteiger partial charge in [0.25, 0.3) is 0 Å². The van der Waals surface area contributed by atoms with Crippen LogP contribution >= 0.6 is 0 Å². The molecule has 0 radical (unpaired) electrons. The number of urea groups is 1. The number of hydrogen-bond acceptors (Lipinski definition) is 5. The lowest BCUT2D eigenvalue weighted by atomic mass is 10.2. The summed E-state index contributed by atoms with van der Waals surface area (Å²) >= 11 is 0. The molecule has 9 heteroatoms. The molecule has 0 aliphatic rings. The summed E-state index contributed by atoms with van der Waals surface area (Å²) in [5.74, 6) is -0.401. The van der Waals surface area contributed by atoms with E-state index in [-0.39, 0.29) is 31.1 Å². The molecule has 0 aliphatic heterocycles. The second-order valence-electron chi connectivity index (χ2n) is 5.08. The largest absolute Gasteiger partial charge is 0.493 e. The first-order chi connectivity index (χ1) is 11.8. The Bertz CT molecular complexity index is 611. The maximum atomic E-state index is 12.4. The van der Waals surface area contributed by atoms with Crippen molar-refractivity contribution in [2.24, 2.45) is 0 Å². The summed E-state index contributed by atoms with van der Waals surface area (Å²) in [6, 6.07) is 3.97. The fraction of sp³-hybridized carbons (Fsp3) is 0.375. The Labute approximate surface area is 144 Å². The van der Waals surface area contributed by atoms with Crippen molar-refractivity contribution in [1.82, 2.24) is 15.5 Å². The number of rotatable bonds is 9. The van der Waals surface area contributed by atoms with Crippen molar-refractivity contribution in [2.75, 3.05) is 27.2 Å². The first-order valence-electron chi connectivity index (χ1n) is 7.34. The van der Waals surface area contributed by atoms with Crippen molar-refractivity contribution in [3.8, 4) is 11.5 Å². The van der Waals surface area contributed by atoms with Gasteiger partial charge in [0.15, 0.2) is 11.5 Å². The van der Waals surface area contributed by atoms with E-state index in [2.05, 4.69) is 21.9 Å². The first-order valence-corrected chi connectivity index (χ1v) is 7.34. The quantitative estimate of drug-likeness (QED) is 0.658. The van der Waals surface area contributed by atoms with Crippen LogP contribution in [0, 0.1) is 0 Å². The van der Waals surface area contributed by atoms with E-state index >= 15 is 0 Å². The zero-order valence-corrected chi connectivity index (χ0v) is 14.1. The third-order valence-corrected chi connectivity index (χ3v) is 2.97. The zero-order chi connectivity index (χ0) is 18.8. The summed E-state index contributed by atoms with van der Waals surface area (Å²) in [7, 11) is 3.00. The molecule has 0 fully saturated rings. The smallest absolute Gasteiger partial charge is 0.387 e. The van der Waals surface area contributed by atoms with Gasteiger partial charge in [0.05, 0.1) is 13.7 Å². The molecular formula is C16H21F2N3O4. The van der Waals surface area contributed by atoms with E-state index in [0.29, 0.717) is 5.56 Å². The van der Waals surface area contributed by atoms with Gasteiger partial charge in [-0.2, -0.15) is 8.78 Å². The van der Waals surface area contributed by atoms with Crippen LogP contribution < -0.4 is 20.1 Å². The van der Waals surface area contributed by atoms with Gasteiger partial charge in [-0.25, -0.2) is 4.79 Å². The Kier molecular flexibility index (Phi) is 8.34. The molecule has 0 atom stereocenters. The summed E-state index contributed by atoms with van der Waals surface area (Å²) in [6.07, 6.45) is 1.49. The Morgan fingerprint density at radius 2 is 2.08 bits per heavy atom. The lowest BCUT2D eigenvalue weighted by Crippen LogP contribution is -2.43. The number of benzene rings is 1. The van der Waals surface area contributed by atoms with E-state index in [1.807, 2.05) is 0 Å². The lowest BCUT2D eigenvalue weighted by Gasteiger charge is -2.17. The van der Waals surface area contributed by atoms with E-state index in [1.165, 1.54) is 25.3 Å². The van der Waals surface area contributed by atoms with Crippen LogP contribution in [0.5, 0.6) is 11.5 Å². The lowest BCUT2D eigenvalue weighted by molar-refractivity contribution is -0.120. The summed E-state index contributed by atoms with van der Waals surface area (Å²) in [6.45, 7) is 0.942. The van der Waals surface area contributed by atoms with Gasteiger partial charge in [-0.15, -0.1) is 6.58 Å². The number of carbonyl (C=O) groups is 2. The number of nitrogens with zero attached hydrogens (tertiary/aromatic N) is 1. The van der Waals surface area contributed by atoms with Gasteiger partial charge in [0.2, 0.25) is 5.91 Å². The predicted octanol–water partition coefficient (Wildman–Crippen LogP) is 1.74. The minimum absolute atomic E-state index is 0.0570. The van der Waals surface area contributed by atoms with Crippen molar-refractivity contribution >= 4 is 11.9 Å². The minimum atomic E-state index is -2.97. The van der Waals surface area contributed by atoms with Gasteiger partial charge < -0.3 is 14.8 Å². The summed E-state index contributed by atoms with van der Waals surface area (Å²) in [5.41, 5.74) is 0.642. The van der Waals surface area contributed by atoms with Crippen molar-refractivity contribution < 1.29 is 27.8 Å². The van der Waals surface area contributed by atoms with Gasteiger partial charge in [0, 0.05) is 13.1 Å². The molecule has 0 aromatic heterocycles. The Hall–Kier alpha value is -2.68. The monoisotopic (exact) mass is 357 g/mol. The topological polar surface area (TPSA) is 79.9 Å². The number of halogens is 2. The fourth-order valence-electron chi connectivity index (χ4n) is 2.00. The molecule has 1 aromatic carbocycles. The van der Waals surface area contributed by atoms with E-state index < -0.39 is 18.5 Å². The highest BCUT2D eigenvalue weighted by molar-refractivity contribution is 5.95. The van der Waals surface area contributed by atoms with E-state index in [4.69, 9.17) is 4.74 Å². The molecule has 25 heavy (non-hydrogen) atoms. The molecule has 0 spiro atoms. The molecule has 0 unspecified atom stereocenters. The van der Waals surface area contributed by atoms with Crippen molar-refractivity contribution in [3.05, 3.63) is 36.4 Å². The normalized spacial score (nSPS) is 10.5. The van der Waals surface area contributed by atoms with Crippen LogP contribution in [0.4, 0.5) is 13.6 Å². The number of alkyl halides is 2. The molecule has 138 valence electrons. The second kappa shape index (κ2) is 10.2. The van der Waals surface area contributed by atoms with Gasteiger partial charge in [-0.05, 0) is 24.7 Å². The van der Waals surface area contributed by atoms with Gasteiger partial charge in [-0.3, -0.25) is 15.0 Å². The van der Waals surface area contributed by atoms with Crippen LogP contribution in [0.15, 0.2) is 30.9 Å². The van der Waals surface area contributed by atoms with Crippen molar-refractivity contribution in [2.45, 2.75) is 13.2 Å². The van der Waals surface area contributed by atoms with Crippen LogP contribution in [0.2, 0.25) is 0 Å². The molecule has 0 heterocycles. The van der Waals surface area contributed by atoms with E-state index in [0.717, 1.165) is 0 Å². The number of ether oxygens (including phenoxy) is 2. The maximum Gasteiger partial charge on any atom is 0.387 e. The van der Waals surface area contributed by atoms with Gasteiger partial charge in [-0.1, -0.05) is 12.1 Å². The zero-order valence-electron chi connectivity index (χ0n) is 14.1. The predicted molar refractivity (Wildman–Crippen MR) is 87.7 cm³/mol. The highest BCUT2D eigenvalue weighted by Crippen LogP contribution is 2.29. The van der Waals surface area contributed by atoms with Crippen LogP contribution in [0.25, 0.3) is 0 Å². The fourth-order valence-corrected chi connectivity index (χ4v) is 2.00. The highest BCUT2D eigenvalue weighted by Gasteiger charge is 2.14. The standard InChI is InChI=1S/C16H21F2N3O4/c1-4-7-19-16(23)20-14(22)10-21(2)9-11-5-6-12(24-3)13(8-11)25-15(17)18/h4-6,8,15H,1,7,9-10H2,2-3H3,(H2,19,20,22,23). The number of likely N-dealkylation sites (N-methyl/N-ethyl adjacent to an activating group) is 1. The minimum Gasteiger partial charge on any atom is -0.493 e. The summed E-state index contributed by atoms with van der Waals surface area (Å²) in [5, 5.41) is 4.58. The Morgan fingerprint density at radius 1 is 1.36 bits per heavy atom. The molecule has 1 aromatic rings. The third kappa shape index (κ3) is 7.62. The van der Waals surface area contributed by atoms with E-state index in [9.17, 15) is 18.4 Å². The number of imide groups is 1. The number of nitrogens with one attached hydrogen (secondary N) is 2.